The van der Waals surface area contributed by atoms with Crippen molar-refractivity contribution in [1.82, 2.24) is 10.6 Å². The van der Waals surface area contributed by atoms with Crippen LogP contribution in [0.3, 0.4) is 0 Å². The van der Waals surface area contributed by atoms with E-state index in [0.717, 1.165) is 11.7 Å². The maximum atomic E-state index is 5.20. The van der Waals surface area contributed by atoms with Gasteiger partial charge in [0.1, 0.15) is 0 Å². The van der Waals surface area contributed by atoms with Crippen LogP contribution in [-0.4, -0.2) is 17.7 Å². The van der Waals surface area contributed by atoms with Gasteiger partial charge in [-0.3, -0.25) is 0 Å². The van der Waals surface area contributed by atoms with E-state index < -0.39 is 0 Å². The smallest absolute Gasteiger partial charge is 0.166 e. The van der Waals surface area contributed by atoms with Gasteiger partial charge in [0.25, 0.3) is 0 Å². The molecule has 0 aromatic carbocycles. The van der Waals surface area contributed by atoms with E-state index in [9.17, 15) is 0 Å². The van der Waals surface area contributed by atoms with Crippen LogP contribution in [0.4, 0.5) is 0 Å². The van der Waals surface area contributed by atoms with E-state index in [1.54, 1.807) is 0 Å². The van der Waals surface area contributed by atoms with Crippen molar-refractivity contribution >= 4 is 17.3 Å². The molecule has 0 heterocycles. The summed E-state index contributed by atoms with van der Waals surface area (Å²) < 4.78 is 0. The van der Waals surface area contributed by atoms with Crippen LogP contribution >= 0.6 is 12.2 Å². The van der Waals surface area contributed by atoms with Crippen LogP contribution < -0.4 is 10.6 Å². The van der Waals surface area contributed by atoms with Gasteiger partial charge < -0.3 is 10.6 Å². The molecule has 0 bridgehead atoms. The molecule has 0 radical (unpaired) electrons. The molecule has 1 fully saturated rings. The average molecular weight is 214 g/mol. The Morgan fingerprint density at radius 2 is 2.00 bits per heavy atom. The fourth-order valence-corrected chi connectivity index (χ4v) is 1.22. The molecule has 3 heteroatoms. The van der Waals surface area contributed by atoms with Gasteiger partial charge in [-0.05, 0) is 36.4 Å². The number of rotatable bonds is 4. The summed E-state index contributed by atoms with van der Waals surface area (Å²) >= 11 is 5.20. The summed E-state index contributed by atoms with van der Waals surface area (Å²) in [6, 6.07) is 0.650. The van der Waals surface area contributed by atoms with Crippen molar-refractivity contribution in [1.29, 1.82) is 0 Å². The Balaban J connectivity index is 2.20. The number of thiocarbonyl (C=S) groups is 1. The standard InChI is InChI=1S/C11H22N2S/c1-8(2)11(3,4)7-12-10(14)13-9-5-6-9/h8-9H,5-7H2,1-4H3,(H2,12,13,14). The molecule has 82 valence electrons. The van der Waals surface area contributed by atoms with E-state index in [-0.39, 0.29) is 0 Å². The van der Waals surface area contributed by atoms with Crippen molar-refractivity contribution in [2.24, 2.45) is 11.3 Å². The molecule has 1 aliphatic rings. The lowest BCUT2D eigenvalue weighted by atomic mass is 9.81. The van der Waals surface area contributed by atoms with Gasteiger partial charge in [-0.15, -0.1) is 0 Å². The Kier molecular flexibility index (Phi) is 3.76. The Morgan fingerprint density at radius 1 is 1.43 bits per heavy atom. The van der Waals surface area contributed by atoms with Crippen LogP contribution in [0, 0.1) is 11.3 Å². The minimum Gasteiger partial charge on any atom is -0.362 e. The largest absolute Gasteiger partial charge is 0.362 e. The third-order valence-electron chi connectivity index (χ3n) is 3.18. The third-order valence-corrected chi connectivity index (χ3v) is 3.44. The van der Waals surface area contributed by atoms with Crippen molar-refractivity contribution in [2.45, 2.75) is 46.6 Å². The van der Waals surface area contributed by atoms with Crippen LogP contribution in [0.25, 0.3) is 0 Å². The summed E-state index contributed by atoms with van der Waals surface area (Å²) in [5, 5.41) is 7.40. The Hall–Kier alpha value is -0.310. The van der Waals surface area contributed by atoms with Crippen molar-refractivity contribution in [3.05, 3.63) is 0 Å². The summed E-state index contributed by atoms with van der Waals surface area (Å²) in [7, 11) is 0. The normalized spacial score (nSPS) is 16.9. The van der Waals surface area contributed by atoms with Crippen molar-refractivity contribution in [3.63, 3.8) is 0 Å². The molecule has 1 rings (SSSR count). The molecule has 0 spiro atoms. The van der Waals surface area contributed by atoms with Gasteiger partial charge in [0.2, 0.25) is 0 Å². The van der Waals surface area contributed by atoms with Gasteiger partial charge in [0, 0.05) is 12.6 Å². The highest BCUT2D eigenvalue weighted by molar-refractivity contribution is 7.80. The van der Waals surface area contributed by atoms with Crippen LogP contribution in [0.5, 0.6) is 0 Å². The van der Waals surface area contributed by atoms with Gasteiger partial charge in [-0.25, -0.2) is 0 Å². The maximum absolute atomic E-state index is 5.20. The Morgan fingerprint density at radius 3 is 2.43 bits per heavy atom. The molecule has 1 saturated carbocycles. The summed E-state index contributed by atoms with van der Waals surface area (Å²) in [6.07, 6.45) is 2.55. The molecule has 0 unspecified atom stereocenters. The van der Waals surface area contributed by atoms with Crippen molar-refractivity contribution < 1.29 is 0 Å². The van der Waals surface area contributed by atoms with E-state index in [1.165, 1.54) is 12.8 Å². The van der Waals surface area contributed by atoms with E-state index in [4.69, 9.17) is 12.2 Å². The first-order chi connectivity index (χ1) is 6.42. The quantitative estimate of drug-likeness (QED) is 0.702. The van der Waals surface area contributed by atoms with Crippen LogP contribution in [-0.2, 0) is 0 Å². The molecule has 0 aromatic rings. The summed E-state index contributed by atoms with van der Waals surface area (Å²) in [4.78, 5) is 0. The topological polar surface area (TPSA) is 24.1 Å². The zero-order valence-electron chi connectivity index (χ0n) is 9.68. The first-order valence-electron chi connectivity index (χ1n) is 5.46. The summed E-state index contributed by atoms with van der Waals surface area (Å²) in [5.74, 6) is 0.665. The van der Waals surface area contributed by atoms with E-state index >= 15 is 0 Å². The van der Waals surface area contributed by atoms with Gasteiger partial charge in [-0.1, -0.05) is 27.7 Å². The number of hydrogen-bond donors (Lipinski definition) is 2. The van der Waals surface area contributed by atoms with Gasteiger partial charge in [0.15, 0.2) is 5.11 Å². The molecule has 0 amide bonds. The predicted molar refractivity (Wildman–Crippen MR) is 65.4 cm³/mol. The van der Waals surface area contributed by atoms with Crippen molar-refractivity contribution in [2.75, 3.05) is 6.54 Å². The lowest BCUT2D eigenvalue weighted by molar-refractivity contribution is 0.251. The first kappa shape index (κ1) is 11.8. The van der Waals surface area contributed by atoms with Crippen LogP contribution in [0.1, 0.15) is 40.5 Å². The van der Waals surface area contributed by atoms with E-state index in [1.807, 2.05) is 0 Å². The second-order valence-electron chi connectivity index (χ2n) is 5.24. The maximum Gasteiger partial charge on any atom is 0.166 e. The van der Waals surface area contributed by atoms with Crippen LogP contribution in [0.2, 0.25) is 0 Å². The molecule has 0 saturated heterocycles. The lowest BCUT2D eigenvalue weighted by Gasteiger charge is -2.30. The predicted octanol–water partition coefficient (Wildman–Crippen LogP) is 2.30. The first-order valence-corrected chi connectivity index (χ1v) is 5.87. The van der Waals surface area contributed by atoms with Gasteiger partial charge >= 0.3 is 0 Å². The van der Waals surface area contributed by atoms with E-state index in [2.05, 4.69) is 38.3 Å². The second-order valence-corrected chi connectivity index (χ2v) is 5.65. The highest BCUT2D eigenvalue weighted by atomic mass is 32.1. The zero-order valence-corrected chi connectivity index (χ0v) is 10.5. The average Bonchev–Trinajstić information content (AvgIpc) is 2.85. The summed E-state index contributed by atoms with van der Waals surface area (Å²) in [6.45, 7) is 9.98. The molecular formula is C11H22N2S. The van der Waals surface area contributed by atoms with Crippen LogP contribution in [0.15, 0.2) is 0 Å². The zero-order chi connectivity index (χ0) is 10.8. The molecule has 0 aromatic heterocycles. The van der Waals surface area contributed by atoms with Gasteiger partial charge in [-0.2, -0.15) is 0 Å². The Bertz CT molecular complexity index is 207. The second kappa shape index (κ2) is 4.47. The lowest BCUT2D eigenvalue weighted by Crippen LogP contribution is -2.42. The SMILES string of the molecule is CC(C)C(C)(C)CNC(=S)NC1CC1. The molecule has 14 heavy (non-hydrogen) atoms. The molecule has 1 aliphatic carbocycles. The minimum absolute atomic E-state index is 0.301. The Labute approximate surface area is 92.8 Å². The fraction of sp³-hybridized carbons (Fsp3) is 0.909. The van der Waals surface area contributed by atoms with E-state index in [0.29, 0.717) is 17.4 Å². The molecule has 2 N–H and O–H groups in total. The molecular weight excluding hydrogens is 192 g/mol. The highest BCUT2D eigenvalue weighted by Crippen LogP contribution is 2.24. The monoisotopic (exact) mass is 214 g/mol. The fourth-order valence-electron chi connectivity index (χ4n) is 0.976. The van der Waals surface area contributed by atoms with Gasteiger partial charge in [0.05, 0.1) is 0 Å². The number of hydrogen-bond acceptors (Lipinski definition) is 1. The molecule has 2 nitrogen and oxygen atoms in total. The minimum atomic E-state index is 0.301. The summed E-state index contributed by atoms with van der Waals surface area (Å²) in [5.41, 5.74) is 0.301. The number of nitrogens with one attached hydrogen (secondary N) is 2. The van der Waals surface area contributed by atoms with Crippen molar-refractivity contribution in [3.8, 4) is 0 Å². The molecule has 0 aliphatic heterocycles. The highest BCUT2D eigenvalue weighted by Gasteiger charge is 2.24. The molecule has 0 atom stereocenters. The third kappa shape index (κ3) is 3.82.